The fourth-order valence-corrected chi connectivity index (χ4v) is 3.84. The number of benzene rings is 2. The summed E-state index contributed by atoms with van der Waals surface area (Å²) in [6, 6.07) is 10.5. The number of nitrogens with zero attached hydrogens (tertiary/aromatic N) is 4. The summed E-state index contributed by atoms with van der Waals surface area (Å²) in [6.45, 7) is 0.427. The maximum atomic E-state index is 13.7. The fraction of sp³-hybridized carbons (Fsp3) is 0.261. The van der Waals surface area contributed by atoms with Crippen molar-refractivity contribution in [3.05, 3.63) is 86.8 Å². The lowest BCUT2D eigenvalue weighted by molar-refractivity contribution is 0.414. The van der Waals surface area contributed by atoms with Gasteiger partial charge in [-0.25, -0.2) is 23.1 Å². The van der Waals surface area contributed by atoms with Gasteiger partial charge < -0.3 is 9.30 Å². The molecule has 0 spiro atoms. The van der Waals surface area contributed by atoms with Crippen LogP contribution in [0.25, 0.3) is 16.9 Å². The largest absolute Gasteiger partial charge is 0.497 e. The van der Waals surface area contributed by atoms with Crippen LogP contribution in [-0.4, -0.2) is 25.8 Å². The van der Waals surface area contributed by atoms with E-state index in [2.05, 4.69) is 4.98 Å². The molecule has 0 aliphatic heterocycles. The van der Waals surface area contributed by atoms with Crippen molar-refractivity contribution in [2.24, 2.45) is 5.92 Å². The van der Waals surface area contributed by atoms with Gasteiger partial charge in [0, 0.05) is 19.2 Å². The summed E-state index contributed by atoms with van der Waals surface area (Å²) in [5.74, 6) is -1.06. The van der Waals surface area contributed by atoms with Crippen LogP contribution in [0.15, 0.2) is 58.4 Å². The van der Waals surface area contributed by atoms with Gasteiger partial charge in [-0.1, -0.05) is 12.1 Å². The second kappa shape index (κ2) is 7.74. The van der Waals surface area contributed by atoms with Crippen molar-refractivity contribution in [3.8, 4) is 11.4 Å². The summed E-state index contributed by atoms with van der Waals surface area (Å²) in [5, 5.41) is 0. The van der Waals surface area contributed by atoms with E-state index in [1.807, 2.05) is 0 Å². The van der Waals surface area contributed by atoms with Crippen molar-refractivity contribution in [2.75, 3.05) is 7.11 Å². The summed E-state index contributed by atoms with van der Waals surface area (Å²) < 4.78 is 36.5. The summed E-state index contributed by atoms with van der Waals surface area (Å²) >= 11 is 0. The standard InChI is InChI=1S/C23H20F2N4O3/c1-32-17-4-2-3-16(10-17)29-21-20(22(30)28(23(29)31)12-14-5-6-14)27(13-26-21)11-15-7-8-18(24)19(25)9-15/h2-4,7-10,13-14H,5-6,11-12H2,1H3. The summed E-state index contributed by atoms with van der Waals surface area (Å²) in [5.41, 5.74) is 0.481. The van der Waals surface area contributed by atoms with Gasteiger partial charge >= 0.3 is 5.69 Å². The van der Waals surface area contributed by atoms with E-state index in [-0.39, 0.29) is 17.7 Å². The van der Waals surface area contributed by atoms with Gasteiger partial charge in [0.25, 0.3) is 5.56 Å². The van der Waals surface area contributed by atoms with Crippen LogP contribution in [0.1, 0.15) is 18.4 Å². The Balaban J connectivity index is 1.73. The van der Waals surface area contributed by atoms with E-state index in [1.165, 1.54) is 28.6 Å². The highest BCUT2D eigenvalue weighted by Gasteiger charge is 2.26. The van der Waals surface area contributed by atoms with Gasteiger partial charge in [-0.05, 0) is 48.6 Å². The van der Waals surface area contributed by atoms with Crippen LogP contribution in [0, 0.1) is 17.6 Å². The molecule has 0 radical (unpaired) electrons. The highest BCUT2D eigenvalue weighted by atomic mass is 19.2. The predicted octanol–water partition coefficient (Wildman–Crippen LogP) is 3.09. The zero-order valence-corrected chi connectivity index (χ0v) is 17.3. The molecule has 2 aromatic heterocycles. The summed E-state index contributed by atoms with van der Waals surface area (Å²) in [6.07, 6.45) is 3.37. The van der Waals surface area contributed by atoms with Crippen LogP contribution in [0.2, 0.25) is 0 Å². The highest BCUT2D eigenvalue weighted by Crippen LogP contribution is 2.30. The lowest BCUT2D eigenvalue weighted by Crippen LogP contribution is -2.40. The van der Waals surface area contributed by atoms with Crippen LogP contribution in [0.5, 0.6) is 5.75 Å². The number of ether oxygens (including phenoxy) is 1. The van der Waals surface area contributed by atoms with Crippen LogP contribution < -0.4 is 16.0 Å². The smallest absolute Gasteiger partial charge is 0.337 e. The van der Waals surface area contributed by atoms with Crippen molar-refractivity contribution in [1.82, 2.24) is 18.7 Å². The van der Waals surface area contributed by atoms with E-state index >= 15 is 0 Å². The number of aromatic nitrogens is 4. The van der Waals surface area contributed by atoms with E-state index in [0.29, 0.717) is 29.5 Å². The normalized spacial score (nSPS) is 13.6. The van der Waals surface area contributed by atoms with Gasteiger partial charge in [0.1, 0.15) is 5.75 Å². The third kappa shape index (κ3) is 3.49. The molecule has 1 aliphatic rings. The molecule has 2 aromatic carbocycles. The van der Waals surface area contributed by atoms with Crippen LogP contribution in [-0.2, 0) is 13.1 Å². The molecule has 1 saturated carbocycles. The first kappa shape index (κ1) is 20.2. The molecule has 0 bridgehead atoms. The minimum Gasteiger partial charge on any atom is -0.497 e. The lowest BCUT2D eigenvalue weighted by atomic mass is 10.2. The number of halogens is 2. The van der Waals surface area contributed by atoms with Gasteiger partial charge in [-0.2, -0.15) is 0 Å². The van der Waals surface area contributed by atoms with Crippen LogP contribution in [0.3, 0.4) is 0 Å². The SMILES string of the molecule is COc1cccc(-n2c(=O)n(CC3CC3)c(=O)c3c2ncn3Cc2ccc(F)c(F)c2)c1. The molecule has 2 heterocycles. The van der Waals surface area contributed by atoms with Crippen LogP contribution >= 0.6 is 0 Å². The Morgan fingerprint density at radius 1 is 1.09 bits per heavy atom. The quantitative estimate of drug-likeness (QED) is 0.464. The van der Waals surface area contributed by atoms with Gasteiger partial charge in [0.2, 0.25) is 0 Å². The Labute approximate surface area is 181 Å². The molecule has 0 amide bonds. The Morgan fingerprint density at radius 2 is 1.91 bits per heavy atom. The Kier molecular flexibility index (Phi) is 4.88. The van der Waals surface area contributed by atoms with E-state index in [1.54, 1.807) is 28.8 Å². The average molecular weight is 438 g/mol. The van der Waals surface area contributed by atoms with Crippen molar-refractivity contribution < 1.29 is 13.5 Å². The summed E-state index contributed by atoms with van der Waals surface area (Å²) in [7, 11) is 1.53. The zero-order valence-electron chi connectivity index (χ0n) is 17.3. The molecule has 0 N–H and O–H groups in total. The molecule has 5 rings (SSSR count). The van der Waals surface area contributed by atoms with Gasteiger partial charge in [0.15, 0.2) is 22.8 Å². The number of methoxy groups -OCH3 is 1. The van der Waals surface area contributed by atoms with Crippen molar-refractivity contribution in [1.29, 1.82) is 0 Å². The number of fused-ring (bicyclic) bond motifs is 1. The van der Waals surface area contributed by atoms with E-state index in [9.17, 15) is 18.4 Å². The molecule has 0 saturated heterocycles. The van der Waals surface area contributed by atoms with Gasteiger partial charge in [-0.15, -0.1) is 0 Å². The second-order valence-electron chi connectivity index (χ2n) is 7.97. The third-order valence-corrected chi connectivity index (χ3v) is 5.69. The first-order chi connectivity index (χ1) is 15.5. The number of imidazole rings is 1. The minimum atomic E-state index is -0.966. The molecule has 1 aliphatic carbocycles. The molecule has 9 heteroatoms. The van der Waals surface area contributed by atoms with E-state index in [4.69, 9.17) is 4.74 Å². The zero-order chi connectivity index (χ0) is 22.4. The first-order valence-electron chi connectivity index (χ1n) is 10.3. The number of hydrogen-bond donors (Lipinski definition) is 0. The Bertz CT molecular complexity index is 1450. The third-order valence-electron chi connectivity index (χ3n) is 5.69. The lowest BCUT2D eigenvalue weighted by Gasteiger charge is -2.13. The Hall–Kier alpha value is -3.75. The van der Waals surface area contributed by atoms with Crippen molar-refractivity contribution in [3.63, 3.8) is 0 Å². The van der Waals surface area contributed by atoms with E-state index < -0.39 is 22.9 Å². The average Bonchev–Trinajstić information content (AvgIpc) is 3.52. The number of rotatable bonds is 6. The maximum Gasteiger partial charge on any atom is 0.337 e. The molecule has 7 nitrogen and oxygen atoms in total. The fourth-order valence-electron chi connectivity index (χ4n) is 3.84. The highest BCUT2D eigenvalue weighted by molar-refractivity contribution is 5.72. The topological polar surface area (TPSA) is 71.1 Å². The van der Waals surface area contributed by atoms with Gasteiger partial charge in [-0.3, -0.25) is 9.36 Å². The molecular weight excluding hydrogens is 418 g/mol. The van der Waals surface area contributed by atoms with Gasteiger partial charge in [0.05, 0.1) is 19.1 Å². The monoisotopic (exact) mass is 438 g/mol. The molecule has 164 valence electrons. The molecule has 1 fully saturated rings. The second-order valence-corrected chi connectivity index (χ2v) is 7.97. The first-order valence-corrected chi connectivity index (χ1v) is 10.3. The molecule has 4 aromatic rings. The summed E-state index contributed by atoms with van der Waals surface area (Å²) in [4.78, 5) is 31.1. The maximum absolute atomic E-state index is 13.7. The number of hydrogen-bond acceptors (Lipinski definition) is 4. The predicted molar refractivity (Wildman–Crippen MR) is 114 cm³/mol. The van der Waals surface area contributed by atoms with E-state index in [0.717, 1.165) is 25.0 Å². The van der Waals surface area contributed by atoms with Crippen molar-refractivity contribution in [2.45, 2.75) is 25.9 Å². The molecule has 0 unspecified atom stereocenters. The van der Waals surface area contributed by atoms with Crippen molar-refractivity contribution >= 4 is 11.2 Å². The molecular formula is C23H20F2N4O3. The minimum absolute atomic E-state index is 0.0999. The molecule has 0 atom stereocenters. The van der Waals surface area contributed by atoms with Crippen LogP contribution in [0.4, 0.5) is 8.78 Å². The molecule has 32 heavy (non-hydrogen) atoms. The Morgan fingerprint density at radius 3 is 2.62 bits per heavy atom.